The second-order valence-electron chi connectivity index (χ2n) is 8.14. The zero-order chi connectivity index (χ0) is 18.0. The largest absolute Gasteiger partial charge is 0.491 e. The number of aryl methyl sites for hydroxylation is 1. The van der Waals surface area contributed by atoms with E-state index in [4.69, 9.17) is 9.47 Å². The van der Waals surface area contributed by atoms with Crippen molar-refractivity contribution < 1.29 is 14.3 Å². The molecule has 2 aliphatic heterocycles. The molecule has 1 spiro atoms. The minimum atomic E-state index is 0.198. The van der Waals surface area contributed by atoms with E-state index < -0.39 is 0 Å². The Labute approximate surface area is 155 Å². The lowest BCUT2D eigenvalue weighted by Gasteiger charge is -2.23. The van der Waals surface area contributed by atoms with Crippen molar-refractivity contribution in [1.29, 1.82) is 0 Å². The van der Waals surface area contributed by atoms with E-state index in [-0.39, 0.29) is 23.3 Å². The molecule has 2 N–H and O–H groups in total. The topological polar surface area (TPSA) is 59.6 Å². The highest BCUT2D eigenvalue weighted by Crippen LogP contribution is 2.58. The Hall–Kier alpha value is -1.59. The fraction of sp³-hybridized carbons (Fsp3) is 0.667. The number of nitrogens with one attached hydrogen (secondary N) is 2. The maximum atomic E-state index is 12.6. The molecule has 1 amide bonds. The molecule has 4 rings (SSSR count). The van der Waals surface area contributed by atoms with Gasteiger partial charge in [0.05, 0.1) is 6.10 Å². The van der Waals surface area contributed by atoms with Crippen LogP contribution in [0.1, 0.15) is 43.2 Å². The predicted octanol–water partition coefficient (Wildman–Crippen LogP) is 2.56. The molecule has 2 heterocycles. The molecule has 0 radical (unpaired) electrons. The third-order valence-electron chi connectivity index (χ3n) is 6.23. The van der Waals surface area contributed by atoms with Crippen molar-refractivity contribution in [1.82, 2.24) is 10.6 Å². The molecule has 2 unspecified atom stereocenters. The first-order valence-electron chi connectivity index (χ1n) is 9.99. The molecule has 0 bridgehead atoms. The van der Waals surface area contributed by atoms with Crippen LogP contribution >= 0.6 is 0 Å². The van der Waals surface area contributed by atoms with Gasteiger partial charge in [0, 0.05) is 24.6 Å². The van der Waals surface area contributed by atoms with Crippen LogP contribution in [0.5, 0.6) is 5.75 Å². The van der Waals surface area contributed by atoms with Crippen LogP contribution in [0.4, 0.5) is 0 Å². The van der Waals surface area contributed by atoms with Crippen LogP contribution in [-0.4, -0.2) is 38.3 Å². The van der Waals surface area contributed by atoms with Gasteiger partial charge in [-0.25, -0.2) is 0 Å². The lowest BCUT2D eigenvalue weighted by atomic mass is 9.92. The fourth-order valence-electron chi connectivity index (χ4n) is 4.40. The summed E-state index contributed by atoms with van der Waals surface area (Å²) in [5.74, 6) is 1.28. The summed E-state index contributed by atoms with van der Waals surface area (Å²) >= 11 is 0. The lowest BCUT2D eigenvalue weighted by molar-refractivity contribution is -0.123. The summed E-state index contributed by atoms with van der Waals surface area (Å²) in [6, 6.07) is 6.20. The Morgan fingerprint density at radius 2 is 2.23 bits per heavy atom. The van der Waals surface area contributed by atoms with Crippen molar-refractivity contribution in [2.24, 2.45) is 11.3 Å². The molecule has 1 aromatic carbocycles. The summed E-state index contributed by atoms with van der Waals surface area (Å²) in [6.07, 6.45) is 5.69. The van der Waals surface area contributed by atoms with E-state index in [1.807, 2.05) is 0 Å². The second kappa shape index (κ2) is 7.57. The van der Waals surface area contributed by atoms with Gasteiger partial charge in [0.15, 0.2) is 0 Å². The van der Waals surface area contributed by atoms with Crippen LogP contribution in [0.15, 0.2) is 18.2 Å². The Bertz CT molecular complexity index is 649. The minimum Gasteiger partial charge on any atom is -0.491 e. The second-order valence-corrected chi connectivity index (χ2v) is 8.14. The third kappa shape index (κ3) is 3.89. The SMILES string of the molecule is Cc1ccc(CNC(=O)C2CC23CCNCC3)c(OCC2CCCO2)c1. The molecule has 1 saturated carbocycles. The highest BCUT2D eigenvalue weighted by Gasteiger charge is 2.57. The highest BCUT2D eigenvalue weighted by molar-refractivity contribution is 5.82. The third-order valence-corrected chi connectivity index (χ3v) is 6.23. The Morgan fingerprint density at radius 1 is 1.38 bits per heavy atom. The summed E-state index contributed by atoms with van der Waals surface area (Å²) in [7, 11) is 0. The number of hydrogen-bond acceptors (Lipinski definition) is 4. The van der Waals surface area contributed by atoms with Crippen molar-refractivity contribution in [3.05, 3.63) is 29.3 Å². The number of carbonyl (C=O) groups is 1. The zero-order valence-corrected chi connectivity index (χ0v) is 15.7. The first kappa shape index (κ1) is 17.8. The number of piperidine rings is 1. The van der Waals surface area contributed by atoms with Gasteiger partial charge in [-0.15, -0.1) is 0 Å². The zero-order valence-electron chi connectivity index (χ0n) is 15.7. The smallest absolute Gasteiger partial charge is 0.223 e. The Kier molecular flexibility index (Phi) is 5.18. The van der Waals surface area contributed by atoms with Crippen LogP contribution < -0.4 is 15.4 Å². The van der Waals surface area contributed by atoms with E-state index in [9.17, 15) is 4.79 Å². The Balaban J connectivity index is 1.33. The van der Waals surface area contributed by atoms with Crippen LogP contribution in [0.3, 0.4) is 0 Å². The quantitative estimate of drug-likeness (QED) is 0.821. The van der Waals surface area contributed by atoms with Crippen LogP contribution in [0.25, 0.3) is 0 Å². The normalized spacial score (nSPS) is 26.7. The summed E-state index contributed by atoms with van der Waals surface area (Å²) < 4.78 is 11.7. The summed E-state index contributed by atoms with van der Waals surface area (Å²) in [5, 5.41) is 6.54. The first-order chi connectivity index (χ1) is 12.7. The van der Waals surface area contributed by atoms with Crippen molar-refractivity contribution in [2.75, 3.05) is 26.3 Å². The van der Waals surface area contributed by atoms with Crippen LogP contribution in [0.2, 0.25) is 0 Å². The number of carbonyl (C=O) groups excluding carboxylic acids is 1. The molecule has 1 aliphatic carbocycles. The predicted molar refractivity (Wildman–Crippen MR) is 100 cm³/mol. The van der Waals surface area contributed by atoms with Gasteiger partial charge in [-0.2, -0.15) is 0 Å². The summed E-state index contributed by atoms with van der Waals surface area (Å²) in [5.41, 5.74) is 2.49. The molecular weight excluding hydrogens is 328 g/mol. The van der Waals surface area contributed by atoms with Gasteiger partial charge in [0.1, 0.15) is 12.4 Å². The molecule has 2 saturated heterocycles. The maximum Gasteiger partial charge on any atom is 0.223 e. The van der Waals surface area contributed by atoms with E-state index in [0.29, 0.717) is 13.2 Å². The summed E-state index contributed by atoms with van der Waals surface area (Å²) in [4.78, 5) is 12.6. The van der Waals surface area contributed by atoms with Gasteiger partial charge in [0.25, 0.3) is 0 Å². The number of hydrogen-bond donors (Lipinski definition) is 2. The fourth-order valence-corrected chi connectivity index (χ4v) is 4.40. The van der Waals surface area contributed by atoms with Crippen molar-refractivity contribution in [2.45, 2.75) is 51.7 Å². The van der Waals surface area contributed by atoms with Crippen molar-refractivity contribution in [3.8, 4) is 5.75 Å². The molecule has 26 heavy (non-hydrogen) atoms. The van der Waals surface area contributed by atoms with Crippen LogP contribution in [-0.2, 0) is 16.1 Å². The highest BCUT2D eigenvalue weighted by atomic mass is 16.5. The van der Waals surface area contributed by atoms with Gasteiger partial charge < -0.3 is 20.1 Å². The number of amides is 1. The van der Waals surface area contributed by atoms with E-state index in [1.165, 1.54) is 5.56 Å². The molecule has 2 atom stereocenters. The van der Waals surface area contributed by atoms with E-state index in [1.54, 1.807) is 0 Å². The van der Waals surface area contributed by atoms with Gasteiger partial charge in [-0.1, -0.05) is 12.1 Å². The average molecular weight is 358 g/mol. The molecule has 1 aromatic rings. The first-order valence-corrected chi connectivity index (χ1v) is 9.99. The number of ether oxygens (including phenoxy) is 2. The molecule has 3 fully saturated rings. The van der Waals surface area contributed by atoms with Crippen LogP contribution in [0, 0.1) is 18.3 Å². The van der Waals surface area contributed by atoms with E-state index in [0.717, 1.165) is 63.1 Å². The standard InChI is InChI=1S/C21H30N2O3/c1-15-4-5-16(19(11-15)26-14-17-3-2-10-25-17)13-23-20(24)18-12-21(18)6-8-22-9-7-21/h4-5,11,17-18,22H,2-3,6-10,12-14H2,1H3,(H,23,24). The maximum absolute atomic E-state index is 12.6. The number of benzene rings is 1. The molecule has 5 nitrogen and oxygen atoms in total. The molecular formula is C21H30N2O3. The molecule has 142 valence electrons. The Morgan fingerprint density at radius 3 is 3.00 bits per heavy atom. The van der Waals surface area contributed by atoms with E-state index in [2.05, 4.69) is 35.8 Å². The summed E-state index contributed by atoms with van der Waals surface area (Å²) in [6.45, 7) is 6.11. The van der Waals surface area contributed by atoms with Crippen molar-refractivity contribution in [3.63, 3.8) is 0 Å². The molecule has 5 heteroatoms. The van der Waals surface area contributed by atoms with Gasteiger partial charge >= 0.3 is 0 Å². The van der Waals surface area contributed by atoms with Gasteiger partial charge in [-0.05, 0) is 69.2 Å². The average Bonchev–Trinajstić information content (AvgIpc) is 3.09. The number of rotatable bonds is 6. The van der Waals surface area contributed by atoms with Gasteiger partial charge in [-0.3, -0.25) is 4.79 Å². The van der Waals surface area contributed by atoms with Crippen molar-refractivity contribution >= 4 is 5.91 Å². The molecule has 3 aliphatic rings. The monoisotopic (exact) mass is 358 g/mol. The minimum absolute atomic E-state index is 0.198. The lowest BCUT2D eigenvalue weighted by Crippen LogP contribution is -2.33. The van der Waals surface area contributed by atoms with E-state index >= 15 is 0 Å². The molecule has 0 aromatic heterocycles. The van der Waals surface area contributed by atoms with Gasteiger partial charge in [0.2, 0.25) is 5.91 Å².